The second-order valence-corrected chi connectivity index (χ2v) is 13.4. The fraction of sp³-hybridized carbons (Fsp3) is 0.310. The van der Waals surface area contributed by atoms with Crippen LogP contribution in [-0.2, 0) is 38.8 Å². The summed E-state index contributed by atoms with van der Waals surface area (Å²) in [4.78, 5) is 47.5. The molecular formula is C42H43BN4NaO4. The number of hydrogen-bond donors (Lipinski definition) is 1. The minimum absolute atomic E-state index is 0. The molecule has 2 aliphatic heterocycles. The molecule has 0 saturated carbocycles. The first-order chi connectivity index (χ1) is 24.4. The molecule has 1 unspecified atom stereocenters. The summed E-state index contributed by atoms with van der Waals surface area (Å²) >= 11 is 0. The molecule has 0 bridgehead atoms. The number of hydrogen-bond acceptors (Lipinski definition) is 6. The van der Waals surface area contributed by atoms with E-state index in [1.807, 2.05) is 83.4 Å². The minimum Gasteiger partial charge on any atom is -1.00 e. The predicted octanol–water partition coefficient (Wildman–Crippen LogP) is 3.68. The van der Waals surface area contributed by atoms with Gasteiger partial charge in [0.15, 0.2) is 5.78 Å². The van der Waals surface area contributed by atoms with Crippen molar-refractivity contribution in [1.82, 2.24) is 19.1 Å². The van der Waals surface area contributed by atoms with E-state index in [0.29, 0.717) is 40.2 Å². The number of rotatable bonds is 6. The van der Waals surface area contributed by atoms with E-state index in [0.717, 1.165) is 92.8 Å². The Morgan fingerprint density at radius 1 is 0.673 bits per heavy atom. The van der Waals surface area contributed by atoms with Crippen LogP contribution in [0.25, 0.3) is 21.8 Å². The van der Waals surface area contributed by atoms with Gasteiger partial charge in [-0.05, 0) is 66.6 Å². The zero-order valence-corrected chi connectivity index (χ0v) is 31.8. The molecule has 1 atom stereocenters. The number of aromatic nitrogens is 4. The first-order valence-corrected chi connectivity index (χ1v) is 17.8. The van der Waals surface area contributed by atoms with Crippen molar-refractivity contribution in [1.29, 1.82) is 0 Å². The zero-order chi connectivity index (χ0) is 34.5. The third-order valence-electron chi connectivity index (χ3n) is 9.84. The van der Waals surface area contributed by atoms with Gasteiger partial charge in [-0.15, -0.1) is 0 Å². The van der Waals surface area contributed by atoms with Gasteiger partial charge in [-0.25, -0.2) is 9.97 Å². The van der Waals surface area contributed by atoms with Gasteiger partial charge in [-0.3, -0.25) is 23.5 Å². The van der Waals surface area contributed by atoms with Crippen LogP contribution < -0.4 is 40.7 Å². The molecule has 10 heteroatoms. The Morgan fingerprint density at radius 2 is 1.19 bits per heavy atom. The molecule has 0 aliphatic carbocycles. The van der Waals surface area contributed by atoms with Crippen molar-refractivity contribution < 1.29 is 40.9 Å². The third kappa shape index (κ3) is 8.89. The molecule has 0 spiro atoms. The van der Waals surface area contributed by atoms with Crippen LogP contribution in [0.4, 0.5) is 0 Å². The van der Waals surface area contributed by atoms with Gasteiger partial charge in [0.1, 0.15) is 11.6 Å². The number of aliphatic hydroxyl groups is 1. The van der Waals surface area contributed by atoms with E-state index in [1.54, 1.807) is 22.8 Å². The molecule has 259 valence electrons. The van der Waals surface area contributed by atoms with Crippen molar-refractivity contribution in [2.24, 2.45) is 0 Å². The number of ketones is 1. The van der Waals surface area contributed by atoms with E-state index >= 15 is 0 Å². The number of carbonyl (C=O) groups excluding carboxylic acids is 1. The summed E-state index contributed by atoms with van der Waals surface area (Å²) in [5, 5.41) is 11.8. The maximum absolute atomic E-state index is 12.8. The van der Waals surface area contributed by atoms with Gasteiger partial charge in [0, 0.05) is 52.7 Å². The Morgan fingerprint density at radius 3 is 1.77 bits per heavy atom. The number of Topliss-reactive ketones (excluding diaryl/α,β-unsaturated/α-hetero) is 1. The van der Waals surface area contributed by atoms with Gasteiger partial charge in [0.05, 0.1) is 27.9 Å². The van der Waals surface area contributed by atoms with E-state index in [9.17, 15) is 19.5 Å². The summed E-state index contributed by atoms with van der Waals surface area (Å²) in [6.45, 7) is 1.50. The molecule has 0 fully saturated rings. The van der Waals surface area contributed by atoms with Crippen molar-refractivity contribution in [3.8, 4) is 0 Å². The SMILES string of the molecule is O=C(Cc1ccccc1)c1ccc2c(=O)n3c(nc2c1)CCCCC3.O=c1c2ccc(C(O)Cc3ccccc3)cc2nc2n1CCCCC2.[B].[H-].[Na+]. The Kier molecular flexibility index (Phi) is 13.6. The van der Waals surface area contributed by atoms with Gasteiger partial charge >= 0.3 is 29.6 Å². The molecule has 2 aliphatic rings. The van der Waals surface area contributed by atoms with Crippen molar-refractivity contribution >= 4 is 36.0 Å². The molecule has 3 radical (unpaired) electrons. The summed E-state index contributed by atoms with van der Waals surface area (Å²) in [5.74, 6) is 1.78. The largest absolute Gasteiger partial charge is 1.00 e. The summed E-state index contributed by atoms with van der Waals surface area (Å²) in [5.41, 5.74) is 4.89. The molecule has 0 amide bonds. The van der Waals surface area contributed by atoms with E-state index < -0.39 is 6.10 Å². The number of fused-ring (bicyclic) bond motifs is 4. The van der Waals surface area contributed by atoms with Gasteiger partial charge in [0.2, 0.25) is 0 Å². The predicted molar refractivity (Wildman–Crippen MR) is 204 cm³/mol. The maximum atomic E-state index is 12.8. The number of aryl methyl sites for hydroxylation is 2. The monoisotopic (exact) mass is 701 g/mol. The van der Waals surface area contributed by atoms with Crippen LogP contribution in [-0.4, -0.2) is 38.4 Å². The third-order valence-corrected chi connectivity index (χ3v) is 9.84. The molecular weight excluding hydrogens is 658 g/mol. The Balaban J connectivity index is 0.000000224. The molecule has 8 nitrogen and oxygen atoms in total. The van der Waals surface area contributed by atoms with Crippen LogP contribution >= 0.6 is 0 Å². The fourth-order valence-electron chi connectivity index (χ4n) is 7.07. The number of aliphatic hydroxyl groups excluding tert-OH is 1. The normalized spacial score (nSPS) is 14.2. The van der Waals surface area contributed by atoms with Crippen LogP contribution in [0.2, 0.25) is 0 Å². The second kappa shape index (κ2) is 18.1. The van der Waals surface area contributed by atoms with Gasteiger partial charge in [-0.2, -0.15) is 0 Å². The van der Waals surface area contributed by atoms with Crippen molar-refractivity contribution in [3.05, 3.63) is 152 Å². The molecule has 0 saturated heterocycles. The number of carbonyl (C=O) groups is 1. The Hall–Kier alpha value is -4.15. The molecule has 2 aromatic heterocycles. The van der Waals surface area contributed by atoms with Crippen molar-refractivity contribution in [3.63, 3.8) is 0 Å². The summed E-state index contributed by atoms with van der Waals surface area (Å²) in [6, 6.07) is 30.4. The quantitative estimate of drug-likeness (QED) is 0.210. The summed E-state index contributed by atoms with van der Waals surface area (Å²) in [6.07, 6.45) is 8.44. The summed E-state index contributed by atoms with van der Waals surface area (Å²) < 4.78 is 3.64. The van der Waals surface area contributed by atoms with Crippen molar-refractivity contribution in [2.45, 2.75) is 83.4 Å². The number of nitrogens with zero attached hydrogens (tertiary/aromatic N) is 4. The fourth-order valence-corrected chi connectivity index (χ4v) is 7.07. The molecule has 52 heavy (non-hydrogen) atoms. The van der Waals surface area contributed by atoms with E-state index in [-0.39, 0.29) is 56.3 Å². The molecule has 4 aromatic carbocycles. The smallest absolute Gasteiger partial charge is 1.00 e. The van der Waals surface area contributed by atoms with Crippen LogP contribution in [0, 0.1) is 0 Å². The number of benzene rings is 4. The first kappa shape index (κ1) is 39.1. The average molecular weight is 702 g/mol. The van der Waals surface area contributed by atoms with Crippen molar-refractivity contribution in [2.75, 3.05) is 0 Å². The second-order valence-electron chi connectivity index (χ2n) is 13.4. The molecule has 1 N–H and O–H groups in total. The summed E-state index contributed by atoms with van der Waals surface area (Å²) in [7, 11) is 0. The minimum atomic E-state index is -0.602. The van der Waals surface area contributed by atoms with E-state index in [1.165, 1.54) is 0 Å². The first-order valence-electron chi connectivity index (χ1n) is 17.8. The van der Waals surface area contributed by atoms with Crippen LogP contribution in [0.15, 0.2) is 107 Å². The standard InChI is InChI=1S/C21H22N2O2.C21H20N2O2.B.Na.H/c2*24-19(13-15-7-3-1-4-8-15)16-10-11-17-18(14-16)22-20-9-5-2-6-12-23(20)21(17)25;;;/h1,3-4,7-8,10-11,14,19,24H,2,5-6,9,12-13H2;1,3-4,7-8,10-11,14H,2,5-6,9,12-13H2;;;/q;;;+1;-1. The van der Waals surface area contributed by atoms with Gasteiger partial charge in [0.25, 0.3) is 11.1 Å². The van der Waals surface area contributed by atoms with E-state index in [4.69, 9.17) is 9.97 Å². The van der Waals surface area contributed by atoms with E-state index in [2.05, 4.69) is 0 Å². The Bertz CT molecular complexity index is 2280. The maximum Gasteiger partial charge on any atom is 1.00 e. The molecule has 8 rings (SSSR count). The zero-order valence-electron chi connectivity index (χ0n) is 30.8. The molecule has 6 aromatic rings. The van der Waals surface area contributed by atoms with Crippen LogP contribution in [0.5, 0.6) is 0 Å². The van der Waals surface area contributed by atoms with Crippen LogP contribution in [0.3, 0.4) is 0 Å². The Labute approximate surface area is 329 Å². The van der Waals surface area contributed by atoms with Gasteiger partial charge < -0.3 is 6.53 Å². The van der Waals surface area contributed by atoms with Crippen LogP contribution in [0.1, 0.15) is 84.8 Å². The van der Waals surface area contributed by atoms with Gasteiger partial charge in [-0.1, -0.05) is 85.6 Å². The average Bonchev–Trinajstić information content (AvgIpc) is 3.54. The topological polar surface area (TPSA) is 107 Å². The molecule has 4 heterocycles.